The van der Waals surface area contributed by atoms with Crippen LogP contribution in [-0.2, 0) is 4.79 Å². The van der Waals surface area contributed by atoms with E-state index in [4.69, 9.17) is 0 Å². The van der Waals surface area contributed by atoms with E-state index in [1.165, 1.54) is 0 Å². The van der Waals surface area contributed by atoms with Crippen LogP contribution < -0.4 is 16.0 Å². The van der Waals surface area contributed by atoms with Gasteiger partial charge in [0.2, 0.25) is 5.91 Å². The van der Waals surface area contributed by atoms with Gasteiger partial charge >= 0.3 is 0 Å². The summed E-state index contributed by atoms with van der Waals surface area (Å²) in [7, 11) is 0. The number of aromatic nitrogens is 1. The number of benzene rings is 2. The van der Waals surface area contributed by atoms with Crippen LogP contribution in [0.1, 0.15) is 33.6 Å². The minimum atomic E-state index is -0.255. The molecular weight excluding hydrogens is 380 g/mol. The average molecular weight is 402 g/mol. The Morgan fingerprint density at radius 2 is 1.40 bits per heavy atom. The molecule has 3 amide bonds. The highest BCUT2D eigenvalue weighted by molar-refractivity contribution is 6.04. The van der Waals surface area contributed by atoms with Crippen molar-refractivity contribution in [3.8, 4) is 0 Å². The zero-order valence-electron chi connectivity index (χ0n) is 16.3. The predicted molar refractivity (Wildman–Crippen MR) is 115 cm³/mol. The van der Waals surface area contributed by atoms with Gasteiger partial charge in [0.25, 0.3) is 11.8 Å². The van der Waals surface area contributed by atoms with Crippen LogP contribution >= 0.6 is 0 Å². The first-order chi connectivity index (χ1) is 14.6. The largest absolute Gasteiger partial charge is 0.352 e. The van der Waals surface area contributed by atoms with Crippen molar-refractivity contribution >= 4 is 29.1 Å². The Morgan fingerprint density at radius 1 is 0.733 bits per heavy atom. The summed E-state index contributed by atoms with van der Waals surface area (Å²) < 4.78 is 0. The van der Waals surface area contributed by atoms with E-state index in [0.717, 1.165) is 0 Å². The van der Waals surface area contributed by atoms with E-state index < -0.39 is 0 Å². The van der Waals surface area contributed by atoms with E-state index in [1.807, 2.05) is 6.07 Å². The summed E-state index contributed by atoms with van der Waals surface area (Å²) in [5.41, 5.74) is 2.25. The molecule has 152 valence electrons. The Hall–Kier alpha value is -4.00. The van der Waals surface area contributed by atoms with Gasteiger partial charge in [0.15, 0.2) is 0 Å². The van der Waals surface area contributed by atoms with E-state index in [9.17, 15) is 14.4 Å². The number of anilines is 2. The second-order valence-electron chi connectivity index (χ2n) is 6.54. The molecule has 30 heavy (non-hydrogen) atoms. The summed E-state index contributed by atoms with van der Waals surface area (Å²) in [6.45, 7) is 0.406. The van der Waals surface area contributed by atoms with Gasteiger partial charge in [-0.3, -0.25) is 19.4 Å². The third kappa shape index (κ3) is 6.27. The molecule has 7 heteroatoms. The lowest BCUT2D eigenvalue weighted by molar-refractivity contribution is -0.116. The number of carbonyl (C=O) groups is 3. The number of hydrogen-bond donors (Lipinski definition) is 3. The Labute approximate surface area is 174 Å². The minimum Gasteiger partial charge on any atom is -0.352 e. The predicted octanol–water partition coefficient (Wildman–Crippen LogP) is 3.48. The van der Waals surface area contributed by atoms with Crippen LogP contribution in [0.4, 0.5) is 11.4 Å². The van der Waals surface area contributed by atoms with Gasteiger partial charge in [-0.05, 0) is 48.9 Å². The molecule has 2 aromatic carbocycles. The SMILES string of the molecule is O=C(CCCNC(=O)c1ccccc1)Nc1cccc(NC(=O)c2ccncc2)c1. The number of hydrogen-bond acceptors (Lipinski definition) is 4. The summed E-state index contributed by atoms with van der Waals surface area (Å²) in [4.78, 5) is 40.2. The Balaban J connectivity index is 1.43. The highest BCUT2D eigenvalue weighted by Gasteiger charge is 2.08. The Kier molecular flexibility index (Phi) is 7.27. The molecular formula is C23H22N4O3. The van der Waals surface area contributed by atoms with E-state index in [1.54, 1.807) is 73.1 Å². The number of nitrogens with one attached hydrogen (secondary N) is 3. The molecule has 0 unspecified atom stereocenters. The van der Waals surface area contributed by atoms with Crippen LogP contribution in [-0.4, -0.2) is 29.3 Å². The maximum Gasteiger partial charge on any atom is 0.255 e. The molecule has 0 saturated heterocycles. The van der Waals surface area contributed by atoms with Crippen LogP contribution in [0.15, 0.2) is 79.1 Å². The van der Waals surface area contributed by atoms with Crippen molar-refractivity contribution in [2.75, 3.05) is 17.2 Å². The van der Waals surface area contributed by atoms with Gasteiger partial charge in [0.05, 0.1) is 0 Å². The van der Waals surface area contributed by atoms with Crippen molar-refractivity contribution in [2.24, 2.45) is 0 Å². The molecule has 0 spiro atoms. The first-order valence-electron chi connectivity index (χ1n) is 9.56. The van der Waals surface area contributed by atoms with Crippen LogP contribution in [0.3, 0.4) is 0 Å². The molecule has 0 fully saturated rings. The minimum absolute atomic E-state index is 0.159. The first-order valence-corrected chi connectivity index (χ1v) is 9.56. The molecule has 0 atom stereocenters. The molecule has 1 heterocycles. The fourth-order valence-corrected chi connectivity index (χ4v) is 2.75. The molecule has 1 aromatic heterocycles. The number of rotatable bonds is 8. The van der Waals surface area contributed by atoms with Crippen molar-refractivity contribution in [1.29, 1.82) is 0 Å². The van der Waals surface area contributed by atoms with Crippen molar-refractivity contribution < 1.29 is 14.4 Å². The fraction of sp³-hybridized carbons (Fsp3) is 0.130. The summed E-state index contributed by atoms with van der Waals surface area (Å²) >= 11 is 0. The molecule has 7 nitrogen and oxygen atoms in total. The van der Waals surface area contributed by atoms with Gasteiger partial charge in [0.1, 0.15) is 0 Å². The molecule has 0 radical (unpaired) electrons. The lowest BCUT2D eigenvalue weighted by Crippen LogP contribution is -2.25. The molecule has 3 rings (SSSR count). The van der Waals surface area contributed by atoms with E-state index >= 15 is 0 Å². The number of amides is 3. The second-order valence-corrected chi connectivity index (χ2v) is 6.54. The lowest BCUT2D eigenvalue weighted by atomic mass is 10.2. The van der Waals surface area contributed by atoms with Crippen LogP contribution in [0.2, 0.25) is 0 Å². The topological polar surface area (TPSA) is 100 Å². The third-order valence-corrected chi connectivity index (χ3v) is 4.25. The summed E-state index contributed by atoms with van der Waals surface area (Å²) in [5, 5.41) is 8.38. The van der Waals surface area contributed by atoms with Gasteiger partial charge in [0, 0.05) is 47.9 Å². The molecule has 3 N–H and O–H groups in total. The standard InChI is InChI=1S/C23H22N4O3/c28-21(10-5-13-25-22(29)17-6-2-1-3-7-17)26-19-8-4-9-20(16-19)27-23(30)18-11-14-24-15-12-18/h1-4,6-9,11-12,14-16H,5,10,13H2,(H,25,29)(H,26,28)(H,27,30). The van der Waals surface area contributed by atoms with E-state index in [0.29, 0.717) is 35.5 Å². The first kappa shape index (κ1) is 20.7. The molecule has 3 aromatic rings. The molecule has 0 aliphatic rings. The van der Waals surface area contributed by atoms with Crippen LogP contribution in [0.25, 0.3) is 0 Å². The summed E-state index contributed by atoms with van der Waals surface area (Å²) in [6, 6.07) is 19.1. The van der Waals surface area contributed by atoms with Crippen LogP contribution in [0, 0.1) is 0 Å². The van der Waals surface area contributed by atoms with Crippen molar-refractivity contribution in [3.05, 3.63) is 90.3 Å². The Bertz CT molecular complexity index is 1010. The third-order valence-electron chi connectivity index (χ3n) is 4.25. The van der Waals surface area contributed by atoms with Gasteiger partial charge < -0.3 is 16.0 Å². The van der Waals surface area contributed by atoms with E-state index in [-0.39, 0.29) is 24.1 Å². The number of nitrogens with zero attached hydrogens (tertiary/aromatic N) is 1. The maximum absolute atomic E-state index is 12.2. The smallest absolute Gasteiger partial charge is 0.255 e. The zero-order valence-corrected chi connectivity index (χ0v) is 16.3. The van der Waals surface area contributed by atoms with Gasteiger partial charge in [-0.2, -0.15) is 0 Å². The van der Waals surface area contributed by atoms with Gasteiger partial charge in [-0.15, -0.1) is 0 Å². The number of pyridine rings is 1. The monoisotopic (exact) mass is 402 g/mol. The molecule has 0 aliphatic carbocycles. The summed E-state index contributed by atoms with van der Waals surface area (Å²) in [5.74, 6) is -0.578. The van der Waals surface area contributed by atoms with Gasteiger partial charge in [-0.1, -0.05) is 24.3 Å². The molecule has 0 saturated carbocycles. The normalized spacial score (nSPS) is 10.1. The van der Waals surface area contributed by atoms with Crippen molar-refractivity contribution in [2.45, 2.75) is 12.8 Å². The maximum atomic E-state index is 12.2. The Morgan fingerprint density at radius 3 is 2.13 bits per heavy atom. The van der Waals surface area contributed by atoms with Crippen LogP contribution in [0.5, 0.6) is 0 Å². The molecule has 0 bridgehead atoms. The highest BCUT2D eigenvalue weighted by Crippen LogP contribution is 2.16. The fourth-order valence-electron chi connectivity index (χ4n) is 2.75. The van der Waals surface area contributed by atoms with E-state index in [2.05, 4.69) is 20.9 Å². The quantitative estimate of drug-likeness (QED) is 0.502. The van der Waals surface area contributed by atoms with Gasteiger partial charge in [-0.25, -0.2) is 0 Å². The second kappa shape index (κ2) is 10.5. The highest BCUT2D eigenvalue weighted by atomic mass is 16.2. The molecule has 0 aliphatic heterocycles. The van der Waals surface area contributed by atoms with Crippen molar-refractivity contribution in [3.63, 3.8) is 0 Å². The number of carbonyl (C=O) groups excluding carboxylic acids is 3. The van der Waals surface area contributed by atoms with Crippen molar-refractivity contribution in [1.82, 2.24) is 10.3 Å². The zero-order chi connectivity index (χ0) is 21.2. The average Bonchev–Trinajstić information content (AvgIpc) is 2.78. The lowest BCUT2D eigenvalue weighted by Gasteiger charge is -2.09. The summed E-state index contributed by atoms with van der Waals surface area (Å²) in [6.07, 6.45) is 3.88.